The molecular formula is C20H23N3O2. The van der Waals surface area contributed by atoms with E-state index < -0.39 is 0 Å². The van der Waals surface area contributed by atoms with E-state index >= 15 is 0 Å². The van der Waals surface area contributed by atoms with E-state index in [9.17, 15) is 9.59 Å². The van der Waals surface area contributed by atoms with Gasteiger partial charge in [0.15, 0.2) is 0 Å². The molecule has 1 unspecified atom stereocenters. The molecular weight excluding hydrogens is 314 g/mol. The fraction of sp³-hybridized carbons (Fsp3) is 0.450. The van der Waals surface area contributed by atoms with Crippen molar-refractivity contribution < 1.29 is 9.59 Å². The standard InChI is InChI=1S/C20H23N3O2/c1-22(12-15-4-2-3-14-11-21-10-9-18(14)15)20(25)16-5-8-19(24)23(13-16)17-6-7-17/h2-4,9-11,16-17H,5-8,12-13H2,1H3. The zero-order valence-corrected chi connectivity index (χ0v) is 14.5. The van der Waals surface area contributed by atoms with Gasteiger partial charge < -0.3 is 9.80 Å². The second-order valence-corrected chi connectivity index (χ2v) is 7.22. The molecule has 0 radical (unpaired) electrons. The molecule has 2 aromatic rings. The Kier molecular flexibility index (Phi) is 4.15. The lowest BCUT2D eigenvalue weighted by Crippen LogP contribution is -2.46. The molecule has 1 saturated heterocycles. The molecule has 0 bridgehead atoms. The van der Waals surface area contributed by atoms with E-state index in [-0.39, 0.29) is 17.7 Å². The van der Waals surface area contributed by atoms with Gasteiger partial charge in [-0.3, -0.25) is 14.6 Å². The number of carbonyl (C=O) groups excluding carboxylic acids is 2. The number of nitrogens with zero attached hydrogens (tertiary/aromatic N) is 3. The second kappa shape index (κ2) is 6.47. The number of amides is 2. The van der Waals surface area contributed by atoms with Gasteiger partial charge in [0.1, 0.15) is 0 Å². The number of rotatable bonds is 4. The molecule has 1 atom stereocenters. The maximum atomic E-state index is 12.9. The van der Waals surface area contributed by atoms with Crippen molar-refractivity contribution in [3.63, 3.8) is 0 Å². The molecule has 4 rings (SSSR count). The lowest BCUT2D eigenvalue weighted by Gasteiger charge is -2.34. The topological polar surface area (TPSA) is 53.5 Å². The van der Waals surface area contributed by atoms with Gasteiger partial charge in [-0.05, 0) is 36.3 Å². The van der Waals surface area contributed by atoms with Gasteiger partial charge in [0, 0.05) is 50.4 Å². The molecule has 130 valence electrons. The Morgan fingerprint density at radius 2 is 2.12 bits per heavy atom. The molecule has 0 spiro atoms. The summed E-state index contributed by atoms with van der Waals surface area (Å²) in [6.07, 6.45) is 6.99. The van der Waals surface area contributed by atoms with Crippen molar-refractivity contribution in [2.24, 2.45) is 5.92 Å². The van der Waals surface area contributed by atoms with Gasteiger partial charge >= 0.3 is 0 Å². The van der Waals surface area contributed by atoms with Crippen LogP contribution in [0.15, 0.2) is 36.7 Å². The van der Waals surface area contributed by atoms with Crippen LogP contribution in [-0.2, 0) is 16.1 Å². The number of piperidine rings is 1. The molecule has 2 aliphatic rings. The van der Waals surface area contributed by atoms with E-state index in [1.54, 1.807) is 11.1 Å². The molecule has 1 aromatic carbocycles. The van der Waals surface area contributed by atoms with Crippen LogP contribution in [0, 0.1) is 5.92 Å². The Labute approximate surface area is 147 Å². The van der Waals surface area contributed by atoms with E-state index in [4.69, 9.17) is 0 Å². The summed E-state index contributed by atoms with van der Waals surface area (Å²) in [5.74, 6) is 0.292. The van der Waals surface area contributed by atoms with Crippen molar-refractivity contribution >= 4 is 22.6 Å². The highest BCUT2D eigenvalue weighted by molar-refractivity contribution is 5.86. The highest BCUT2D eigenvalue weighted by Gasteiger charge is 2.39. The first kappa shape index (κ1) is 16.1. The summed E-state index contributed by atoms with van der Waals surface area (Å²) in [6.45, 7) is 1.17. The van der Waals surface area contributed by atoms with Crippen LogP contribution in [0.25, 0.3) is 10.8 Å². The summed E-state index contributed by atoms with van der Waals surface area (Å²) in [6, 6.07) is 8.49. The number of carbonyl (C=O) groups is 2. The minimum atomic E-state index is -0.0695. The Morgan fingerprint density at radius 1 is 1.28 bits per heavy atom. The van der Waals surface area contributed by atoms with Crippen LogP contribution >= 0.6 is 0 Å². The highest BCUT2D eigenvalue weighted by atomic mass is 16.2. The zero-order valence-electron chi connectivity index (χ0n) is 14.5. The maximum absolute atomic E-state index is 12.9. The predicted octanol–water partition coefficient (Wildman–Crippen LogP) is 2.59. The fourth-order valence-electron chi connectivity index (χ4n) is 3.78. The van der Waals surface area contributed by atoms with Crippen LogP contribution in [0.1, 0.15) is 31.2 Å². The fourth-order valence-corrected chi connectivity index (χ4v) is 3.78. The van der Waals surface area contributed by atoms with Gasteiger partial charge in [0.25, 0.3) is 0 Å². The third-order valence-electron chi connectivity index (χ3n) is 5.34. The summed E-state index contributed by atoms with van der Waals surface area (Å²) in [5.41, 5.74) is 1.13. The summed E-state index contributed by atoms with van der Waals surface area (Å²) >= 11 is 0. The van der Waals surface area contributed by atoms with E-state index in [1.807, 2.05) is 36.3 Å². The van der Waals surface area contributed by atoms with Crippen LogP contribution in [0.2, 0.25) is 0 Å². The molecule has 2 fully saturated rings. The highest BCUT2D eigenvalue weighted by Crippen LogP contribution is 2.32. The number of fused-ring (bicyclic) bond motifs is 1. The van der Waals surface area contributed by atoms with Gasteiger partial charge in [-0.1, -0.05) is 18.2 Å². The molecule has 2 amide bonds. The van der Waals surface area contributed by atoms with E-state index in [0.717, 1.165) is 29.2 Å². The summed E-state index contributed by atoms with van der Waals surface area (Å²) in [5, 5.41) is 2.22. The molecule has 1 saturated carbocycles. The average molecular weight is 337 g/mol. The Bertz CT molecular complexity index is 810. The predicted molar refractivity (Wildman–Crippen MR) is 95.7 cm³/mol. The van der Waals surface area contributed by atoms with Crippen molar-refractivity contribution in [1.82, 2.24) is 14.8 Å². The van der Waals surface area contributed by atoms with Crippen molar-refractivity contribution in [3.8, 4) is 0 Å². The van der Waals surface area contributed by atoms with Crippen molar-refractivity contribution in [1.29, 1.82) is 0 Å². The molecule has 5 nitrogen and oxygen atoms in total. The lowest BCUT2D eigenvalue weighted by atomic mass is 9.95. The monoisotopic (exact) mass is 337 g/mol. The second-order valence-electron chi connectivity index (χ2n) is 7.22. The third kappa shape index (κ3) is 3.23. The normalized spacial score (nSPS) is 20.8. The third-order valence-corrected chi connectivity index (χ3v) is 5.34. The van der Waals surface area contributed by atoms with Gasteiger partial charge in [0.2, 0.25) is 11.8 Å². The first-order valence-corrected chi connectivity index (χ1v) is 8.99. The number of likely N-dealkylation sites (tertiary alicyclic amines) is 1. The molecule has 5 heteroatoms. The Hall–Kier alpha value is -2.43. The number of hydrogen-bond donors (Lipinski definition) is 0. The van der Waals surface area contributed by atoms with E-state index in [2.05, 4.69) is 11.1 Å². The number of aromatic nitrogens is 1. The maximum Gasteiger partial charge on any atom is 0.227 e. The lowest BCUT2D eigenvalue weighted by molar-refractivity contribution is -0.143. The van der Waals surface area contributed by atoms with E-state index in [0.29, 0.717) is 32.0 Å². The number of benzene rings is 1. The summed E-state index contributed by atoms with van der Waals surface area (Å²) < 4.78 is 0. The Balaban J connectivity index is 1.47. The molecule has 1 aliphatic carbocycles. The summed E-state index contributed by atoms with van der Waals surface area (Å²) in [7, 11) is 1.86. The first-order chi connectivity index (χ1) is 12.1. The largest absolute Gasteiger partial charge is 0.341 e. The van der Waals surface area contributed by atoms with Crippen LogP contribution in [0.4, 0.5) is 0 Å². The van der Waals surface area contributed by atoms with Crippen molar-refractivity contribution in [2.45, 2.75) is 38.3 Å². The van der Waals surface area contributed by atoms with E-state index in [1.165, 1.54) is 0 Å². The van der Waals surface area contributed by atoms with Crippen LogP contribution in [0.5, 0.6) is 0 Å². The quantitative estimate of drug-likeness (QED) is 0.862. The first-order valence-electron chi connectivity index (χ1n) is 8.99. The molecule has 25 heavy (non-hydrogen) atoms. The van der Waals surface area contributed by atoms with Crippen LogP contribution in [0.3, 0.4) is 0 Å². The number of hydrogen-bond acceptors (Lipinski definition) is 3. The van der Waals surface area contributed by atoms with Gasteiger partial charge in [-0.2, -0.15) is 0 Å². The van der Waals surface area contributed by atoms with Gasteiger partial charge in [-0.15, -0.1) is 0 Å². The van der Waals surface area contributed by atoms with Gasteiger partial charge in [0.05, 0.1) is 5.92 Å². The zero-order chi connectivity index (χ0) is 17.4. The molecule has 0 N–H and O–H groups in total. The van der Waals surface area contributed by atoms with Crippen molar-refractivity contribution in [2.75, 3.05) is 13.6 Å². The summed E-state index contributed by atoms with van der Waals surface area (Å²) in [4.78, 5) is 32.9. The average Bonchev–Trinajstić information content (AvgIpc) is 3.47. The van der Waals surface area contributed by atoms with Gasteiger partial charge in [-0.25, -0.2) is 0 Å². The van der Waals surface area contributed by atoms with Crippen molar-refractivity contribution in [3.05, 3.63) is 42.2 Å². The smallest absolute Gasteiger partial charge is 0.227 e. The molecule has 1 aromatic heterocycles. The van der Waals surface area contributed by atoms with Crippen LogP contribution in [-0.4, -0.2) is 46.2 Å². The van der Waals surface area contributed by atoms with Crippen LogP contribution < -0.4 is 0 Å². The molecule has 2 heterocycles. The molecule has 1 aliphatic heterocycles. The SMILES string of the molecule is CN(Cc1cccc2cnccc12)C(=O)C1CCC(=O)N(C2CC2)C1. The minimum absolute atomic E-state index is 0.0695. The minimum Gasteiger partial charge on any atom is -0.341 e. The number of pyridine rings is 1. The Morgan fingerprint density at radius 3 is 2.92 bits per heavy atom.